The fraction of sp³-hybridized carbons (Fsp3) is 0.105. The summed E-state index contributed by atoms with van der Waals surface area (Å²) in [6.07, 6.45) is 1.54. The maximum Gasteiger partial charge on any atom is 0.274 e. The average Bonchev–Trinajstić information content (AvgIpc) is 2.61. The van der Waals surface area contributed by atoms with Crippen LogP contribution in [0.15, 0.2) is 54.7 Å². The lowest BCUT2D eigenvalue weighted by Crippen LogP contribution is -2.15. The Morgan fingerprint density at radius 2 is 1.76 bits per heavy atom. The summed E-state index contributed by atoms with van der Waals surface area (Å²) < 4.78 is 0. The lowest BCUT2D eigenvalue weighted by atomic mass is 10.2. The third kappa shape index (κ3) is 3.95. The minimum absolute atomic E-state index is 0.278. The molecule has 1 amide bonds. The first-order valence-corrected chi connectivity index (χ1v) is 8.14. The number of hydrogen-bond donors (Lipinski definition) is 2. The smallest absolute Gasteiger partial charge is 0.274 e. The second kappa shape index (κ2) is 7.32. The van der Waals surface area contributed by atoms with Gasteiger partial charge in [-0.1, -0.05) is 35.9 Å². The molecule has 25 heavy (non-hydrogen) atoms. The van der Waals surface area contributed by atoms with E-state index in [4.69, 9.17) is 11.6 Å². The Kier molecular flexibility index (Phi) is 4.95. The summed E-state index contributed by atoms with van der Waals surface area (Å²) in [7, 11) is 0. The Bertz CT molecular complexity index is 927. The zero-order chi connectivity index (χ0) is 17.8. The Morgan fingerprint density at radius 3 is 2.56 bits per heavy atom. The van der Waals surface area contributed by atoms with E-state index in [0.717, 1.165) is 22.5 Å². The topological polar surface area (TPSA) is 66.9 Å². The molecular weight excluding hydrogens is 336 g/mol. The summed E-state index contributed by atoms with van der Waals surface area (Å²) in [5.74, 6) is 0.0466. The third-order valence-electron chi connectivity index (χ3n) is 3.80. The number of anilines is 3. The van der Waals surface area contributed by atoms with Crippen molar-refractivity contribution < 1.29 is 4.79 Å². The zero-order valence-electron chi connectivity index (χ0n) is 13.9. The zero-order valence-corrected chi connectivity index (χ0v) is 14.6. The highest BCUT2D eigenvalue weighted by atomic mass is 35.5. The Hall–Kier alpha value is -2.92. The number of nitrogens with one attached hydrogen (secondary N) is 2. The molecule has 1 heterocycles. The van der Waals surface area contributed by atoms with Gasteiger partial charge in [-0.05, 0) is 49.2 Å². The average molecular weight is 353 g/mol. The molecule has 1 aromatic heterocycles. The first-order chi connectivity index (χ1) is 12.0. The van der Waals surface area contributed by atoms with Crippen molar-refractivity contribution in [3.63, 3.8) is 0 Å². The monoisotopic (exact) mass is 352 g/mol. The molecule has 0 unspecified atom stereocenters. The van der Waals surface area contributed by atoms with Gasteiger partial charge >= 0.3 is 0 Å². The van der Waals surface area contributed by atoms with E-state index < -0.39 is 0 Å². The quantitative estimate of drug-likeness (QED) is 0.711. The van der Waals surface area contributed by atoms with Crippen LogP contribution in [-0.2, 0) is 0 Å². The van der Waals surface area contributed by atoms with Crippen LogP contribution in [-0.4, -0.2) is 15.9 Å². The highest BCUT2D eigenvalue weighted by Gasteiger charge is 2.11. The van der Waals surface area contributed by atoms with Crippen molar-refractivity contribution in [3.05, 3.63) is 76.6 Å². The summed E-state index contributed by atoms with van der Waals surface area (Å²) in [6, 6.07) is 14.7. The maximum atomic E-state index is 12.4. The molecule has 0 saturated heterocycles. The van der Waals surface area contributed by atoms with Crippen molar-refractivity contribution in [2.45, 2.75) is 13.8 Å². The molecule has 0 aliphatic carbocycles. The number of carbonyl (C=O) groups is 1. The number of aromatic nitrogens is 2. The first-order valence-electron chi connectivity index (χ1n) is 7.77. The lowest BCUT2D eigenvalue weighted by Gasteiger charge is -2.11. The van der Waals surface area contributed by atoms with Gasteiger partial charge in [0.15, 0.2) is 0 Å². The number of amides is 1. The molecule has 126 valence electrons. The molecule has 5 nitrogen and oxygen atoms in total. The molecule has 3 rings (SSSR count). The fourth-order valence-corrected chi connectivity index (χ4v) is 2.48. The maximum absolute atomic E-state index is 12.4. The van der Waals surface area contributed by atoms with Gasteiger partial charge in [0.1, 0.15) is 5.69 Å². The molecule has 0 radical (unpaired) electrons. The van der Waals surface area contributed by atoms with E-state index in [1.54, 1.807) is 12.3 Å². The van der Waals surface area contributed by atoms with Crippen LogP contribution in [0.4, 0.5) is 17.3 Å². The van der Waals surface area contributed by atoms with Gasteiger partial charge in [0.25, 0.3) is 5.91 Å². The number of nitrogens with zero attached hydrogens (tertiary/aromatic N) is 2. The van der Waals surface area contributed by atoms with Crippen molar-refractivity contribution >= 4 is 34.8 Å². The summed E-state index contributed by atoms with van der Waals surface area (Å²) in [5.41, 5.74) is 3.70. The molecule has 2 aromatic carbocycles. The van der Waals surface area contributed by atoms with E-state index in [2.05, 4.69) is 20.6 Å². The second-order valence-electron chi connectivity index (χ2n) is 5.57. The second-order valence-corrected chi connectivity index (χ2v) is 5.98. The summed E-state index contributed by atoms with van der Waals surface area (Å²) >= 11 is 6.12. The minimum atomic E-state index is -0.289. The van der Waals surface area contributed by atoms with E-state index in [-0.39, 0.29) is 11.6 Å². The van der Waals surface area contributed by atoms with Crippen LogP contribution in [0.5, 0.6) is 0 Å². The van der Waals surface area contributed by atoms with Crippen molar-refractivity contribution in [1.29, 1.82) is 0 Å². The molecule has 0 bridgehead atoms. The van der Waals surface area contributed by atoms with Gasteiger partial charge in [0.05, 0.1) is 0 Å². The predicted molar refractivity (Wildman–Crippen MR) is 101 cm³/mol. The molecule has 0 saturated carbocycles. The van der Waals surface area contributed by atoms with E-state index in [1.807, 2.05) is 56.3 Å². The standard InChI is InChI=1S/C19H17ClN4O/c1-12-6-3-4-8-15(12)22-18(25)17-10-11-21-19(24-17)23-16-9-5-7-14(20)13(16)2/h3-11H,1-2H3,(H,22,25)(H,21,23,24). The van der Waals surface area contributed by atoms with Crippen LogP contribution in [0.2, 0.25) is 5.02 Å². The SMILES string of the molecule is Cc1ccccc1NC(=O)c1ccnc(Nc2cccc(Cl)c2C)n1. The lowest BCUT2D eigenvalue weighted by molar-refractivity contribution is 0.102. The van der Waals surface area contributed by atoms with Gasteiger partial charge in [-0.15, -0.1) is 0 Å². The van der Waals surface area contributed by atoms with Crippen molar-refractivity contribution in [1.82, 2.24) is 9.97 Å². The molecule has 2 N–H and O–H groups in total. The van der Waals surface area contributed by atoms with Crippen LogP contribution in [0.3, 0.4) is 0 Å². The van der Waals surface area contributed by atoms with E-state index in [0.29, 0.717) is 11.0 Å². The number of rotatable bonds is 4. The highest BCUT2D eigenvalue weighted by molar-refractivity contribution is 6.31. The largest absolute Gasteiger partial charge is 0.324 e. The molecule has 0 aliphatic rings. The van der Waals surface area contributed by atoms with Crippen LogP contribution in [0.25, 0.3) is 0 Å². The summed E-state index contributed by atoms with van der Waals surface area (Å²) in [6.45, 7) is 3.84. The van der Waals surface area contributed by atoms with Gasteiger partial charge in [-0.2, -0.15) is 0 Å². The summed E-state index contributed by atoms with van der Waals surface area (Å²) in [5, 5.41) is 6.61. The Balaban J connectivity index is 1.80. The number of hydrogen-bond acceptors (Lipinski definition) is 4. The number of para-hydroxylation sites is 1. The third-order valence-corrected chi connectivity index (χ3v) is 4.21. The van der Waals surface area contributed by atoms with Gasteiger partial charge in [-0.25, -0.2) is 9.97 Å². The fourth-order valence-electron chi connectivity index (χ4n) is 2.31. The molecule has 0 fully saturated rings. The molecule has 0 spiro atoms. The van der Waals surface area contributed by atoms with Crippen molar-refractivity contribution in [2.75, 3.05) is 10.6 Å². The molecule has 6 heteroatoms. The predicted octanol–water partition coefficient (Wildman–Crippen LogP) is 4.74. The number of benzene rings is 2. The van der Waals surface area contributed by atoms with E-state index in [1.165, 1.54) is 0 Å². The van der Waals surface area contributed by atoms with Crippen LogP contribution in [0, 0.1) is 13.8 Å². The van der Waals surface area contributed by atoms with Crippen LogP contribution in [0.1, 0.15) is 21.6 Å². The van der Waals surface area contributed by atoms with E-state index in [9.17, 15) is 4.79 Å². The Labute approximate surface area is 151 Å². The number of halogens is 1. The molecule has 0 atom stereocenters. The molecule has 0 aliphatic heterocycles. The highest BCUT2D eigenvalue weighted by Crippen LogP contribution is 2.25. The minimum Gasteiger partial charge on any atom is -0.324 e. The van der Waals surface area contributed by atoms with Gasteiger partial charge < -0.3 is 10.6 Å². The van der Waals surface area contributed by atoms with Gasteiger partial charge in [0, 0.05) is 22.6 Å². The van der Waals surface area contributed by atoms with Gasteiger partial charge in [0.2, 0.25) is 5.95 Å². The normalized spacial score (nSPS) is 10.4. The summed E-state index contributed by atoms with van der Waals surface area (Å²) in [4.78, 5) is 20.9. The van der Waals surface area contributed by atoms with Crippen molar-refractivity contribution in [3.8, 4) is 0 Å². The van der Waals surface area contributed by atoms with Crippen LogP contribution >= 0.6 is 11.6 Å². The molecule has 3 aromatic rings. The van der Waals surface area contributed by atoms with Gasteiger partial charge in [-0.3, -0.25) is 4.79 Å². The van der Waals surface area contributed by atoms with Crippen LogP contribution < -0.4 is 10.6 Å². The first kappa shape index (κ1) is 16.9. The Morgan fingerprint density at radius 1 is 1.00 bits per heavy atom. The molecular formula is C19H17ClN4O. The van der Waals surface area contributed by atoms with E-state index >= 15 is 0 Å². The number of carbonyl (C=O) groups excluding carboxylic acids is 1. The van der Waals surface area contributed by atoms with Crippen molar-refractivity contribution in [2.24, 2.45) is 0 Å². The number of aryl methyl sites for hydroxylation is 1.